The van der Waals surface area contributed by atoms with Crippen LogP contribution < -0.4 is 26.6 Å². The van der Waals surface area contributed by atoms with Gasteiger partial charge in [0.2, 0.25) is 29.5 Å². The van der Waals surface area contributed by atoms with E-state index >= 15 is 0 Å². The van der Waals surface area contributed by atoms with Crippen molar-refractivity contribution in [2.75, 3.05) is 66.1 Å². The summed E-state index contributed by atoms with van der Waals surface area (Å²) in [4.78, 5) is 64.0. The van der Waals surface area contributed by atoms with Crippen molar-refractivity contribution < 1.29 is 252 Å². The number of aliphatic hydroxyl groups is 27. The van der Waals surface area contributed by atoms with E-state index in [0.29, 0.717) is 0 Å². The van der Waals surface area contributed by atoms with Gasteiger partial charge >= 0.3 is 0 Å². The number of carbonyl (C=O) groups is 5. The van der Waals surface area contributed by atoms with Crippen LogP contribution in [0.25, 0.3) is 0 Å². The van der Waals surface area contributed by atoms with Gasteiger partial charge in [0.1, 0.15) is 244 Å². The van der Waals surface area contributed by atoms with Gasteiger partial charge in [-0.3, -0.25) is 24.0 Å². The molecule has 0 aromatic rings. The molecule has 0 bridgehead atoms. The van der Waals surface area contributed by atoms with E-state index in [1.165, 1.54) is 0 Å². The van der Waals surface area contributed by atoms with Gasteiger partial charge in [-0.15, -0.1) is 0 Å². The highest BCUT2D eigenvalue weighted by molar-refractivity contribution is 5.75. The number of amides is 5. The lowest BCUT2D eigenvalue weighted by Crippen LogP contribution is -2.70. The maximum Gasteiger partial charge on any atom is 0.217 e. The summed E-state index contributed by atoms with van der Waals surface area (Å²) in [6, 6.07) is -9.36. The third-order valence-electron chi connectivity index (χ3n) is 22.9. The Morgan fingerprint density at radius 1 is 0.206 bits per heavy atom. The summed E-state index contributed by atoms with van der Waals surface area (Å²) in [6.45, 7) is -6.46. The Balaban J connectivity index is 1.02. The van der Waals surface area contributed by atoms with Crippen molar-refractivity contribution in [1.82, 2.24) is 26.6 Å². The van der Waals surface area contributed by atoms with Crippen molar-refractivity contribution in [2.24, 2.45) is 0 Å². The molecule has 0 saturated carbocycles. The third kappa shape index (κ3) is 23.1. The third-order valence-corrected chi connectivity index (χ3v) is 22.9. The average Bonchev–Trinajstić information content (AvgIpc) is 0.770. The van der Waals surface area contributed by atoms with E-state index in [4.69, 9.17) is 90.0 Å². The predicted octanol–water partition coefficient (Wildman–Crippen LogP) is -22.1. The molecule has 56 nitrogen and oxygen atoms in total. The van der Waals surface area contributed by atoms with Crippen LogP contribution in [0, 0.1) is 0 Å². The second-order valence-electron chi connectivity index (χ2n) is 31.7. The number of hydrogen-bond acceptors (Lipinski definition) is 51. The molecule has 0 spiro atoms. The summed E-state index contributed by atoms with van der Waals surface area (Å²) in [5.74, 6) is -4.61. The molecule has 10 rings (SSSR count). The molecule has 5 amide bonds. The van der Waals surface area contributed by atoms with Crippen LogP contribution in [0.1, 0.15) is 34.6 Å². The molecule has 10 fully saturated rings. The van der Waals surface area contributed by atoms with E-state index in [2.05, 4.69) is 26.6 Å². The van der Waals surface area contributed by atoms with Gasteiger partial charge in [-0.2, -0.15) is 0 Å². The van der Waals surface area contributed by atoms with Crippen LogP contribution in [-0.2, 0) is 114 Å². The highest BCUT2D eigenvalue weighted by atomic mass is 16.8. The molecular weight excluding hydrogens is 1730 g/mol. The molecule has 10 saturated heterocycles. The molecule has 0 aliphatic carbocycles. The highest BCUT2D eigenvalue weighted by Crippen LogP contribution is 2.41. The van der Waals surface area contributed by atoms with Crippen molar-refractivity contribution in [3.05, 3.63) is 0 Å². The SMILES string of the molecule is CC(=O)N[C@H]1[C@H](O[C@H]2[C@H](O)[C@@H](NC(C)=O)C(O)O[C@@H]2CO)O[C@H](CO)[C@@H](O[C@@H]2O[C@H](CO[C@H]3O[C@H](CO[C@@H]4O[C@H](CO)[C@@H](O[C@@H]5O[C@H](CO)[C@H](O)[C@H](O)[C@H]5O)[C@H](O)[C@H]4NC(C)=O)[C@@H](O)[C@H](O)[C@@H]3O[C@@H]3O[C@H](CO)[C@@H](O[C@@H]4O[C@H](CO)[C@H](O)[C@H](O)[C@H]4O)[C@H](O)[C@H]3NC(C)=O)[C@@H](O)[C@H](O[C@H]3O[C@H](CO)[C@@H](O)[C@H](O)[C@@H]3O[C@@H]3O[C@H](CO)[C@@H](O)[C@H](O)[C@H]3NC(C)=O)[C@@H]2O)[C@@H]1O. The Labute approximate surface area is 713 Å². The van der Waals surface area contributed by atoms with Crippen LogP contribution in [0.5, 0.6) is 0 Å². The van der Waals surface area contributed by atoms with Gasteiger partial charge in [0, 0.05) is 34.6 Å². The molecule has 0 aromatic heterocycles. The maximum absolute atomic E-state index is 13.2. The quantitative estimate of drug-likeness (QED) is 0.0290. The maximum atomic E-state index is 13.2. The fraction of sp³-hybridized carbons (Fsp3) is 0.929. The Kier molecular flexibility index (Phi) is 37.4. The van der Waals surface area contributed by atoms with Gasteiger partial charge in [0.15, 0.2) is 62.9 Å². The monoisotopic (exact) mass is 1840 g/mol. The predicted molar refractivity (Wildman–Crippen MR) is 388 cm³/mol. The Morgan fingerprint density at radius 2 is 0.444 bits per heavy atom. The number of nitrogens with one attached hydrogen (secondary N) is 5. The van der Waals surface area contributed by atoms with E-state index in [1.807, 2.05) is 0 Å². The van der Waals surface area contributed by atoms with Crippen LogP contribution in [0.2, 0.25) is 0 Å². The van der Waals surface area contributed by atoms with E-state index in [1.54, 1.807) is 0 Å². The fourth-order valence-corrected chi connectivity index (χ4v) is 16.2. The summed E-state index contributed by atoms with van der Waals surface area (Å²) < 4.78 is 114. The number of carbonyl (C=O) groups excluding carboxylic acids is 5. The van der Waals surface area contributed by atoms with Crippen LogP contribution >= 0.6 is 0 Å². The standard InChI is InChI=1S/C70H117N5O51/c1-16(84)71-31-43(96)54(25(10-80)110-61(31)107)120-64-34(74-19(4)87)45(98)57(28(13-83)116-64)123-68-53(106)58(124-70-60(49(102)39(92)24(9-79)114-70)126-63-32(72-17(2)85)42(95)36(89)21(6-76)111-63)41(94)30(118-68)15-109-69-59(125-65-35(75-20(5)88)46(99)56(27(12-82)117-65)122-67-52(105)48(101)38(91)23(8-78)113-67)50(103)40(93)29(119-69)14-108-62-33(73-18(3)86)44(97)55(26(11-81)115-62)121-66-51(104)47(100)37(90)22(7-77)112-66/h21-70,76-83,89-107H,6-15H2,1-5H3,(H,71,84)(H,72,85)(H,73,86)(H,74,87)(H,75,88)/t21-,22-,23-,24-,25-,26-,27-,28-,29-,30-,31-,32-,33-,34-,35-,36-,37+,38+,39-,40-,41-,42-,43-,44-,45-,46-,47+,48+,49+,50+,51-,52-,53+,54-,55-,56-,57-,58+,59+,60+,61?,62-,63+,64+,65+,66+,67+,68+,69+,70-/m1/s1. The molecule has 126 heavy (non-hydrogen) atoms. The molecule has 10 aliphatic heterocycles. The van der Waals surface area contributed by atoms with Gasteiger partial charge < -0.3 is 254 Å². The minimum Gasteiger partial charge on any atom is -0.394 e. The molecule has 0 aromatic carbocycles. The first-order valence-electron chi connectivity index (χ1n) is 40.1. The van der Waals surface area contributed by atoms with Crippen LogP contribution in [0.4, 0.5) is 0 Å². The zero-order valence-corrected chi connectivity index (χ0v) is 67.8. The Bertz CT molecular complexity index is 3440. The molecule has 10 aliphatic rings. The van der Waals surface area contributed by atoms with Crippen LogP contribution in [0.15, 0.2) is 0 Å². The minimum absolute atomic E-state index is 0.808. The first-order chi connectivity index (χ1) is 59.6. The van der Waals surface area contributed by atoms with Crippen molar-refractivity contribution in [3.63, 3.8) is 0 Å². The van der Waals surface area contributed by atoms with Gasteiger partial charge in [-0.25, -0.2) is 0 Å². The molecule has 56 heteroatoms. The number of rotatable bonds is 33. The van der Waals surface area contributed by atoms with Crippen LogP contribution in [-0.4, -0.2) is 540 Å². The summed E-state index contributed by atoms with van der Waals surface area (Å²) in [5.41, 5.74) is 0. The molecule has 1 unspecified atom stereocenters. The van der Waals surface area contributed by atoms with Crippen molar-refractivity contribution >= 4 is 29.5 Å². The lowest BCUT2D eigenvalue weighted by atomic mass is 9.93. The van der Waals surface area contributed by atoms with Crippen molar-refractivity contribution in [3.8, 4) is 0 Å². The zero-order valence-electron chi connectivity index (χ0n) is 67.8. The van der Waals surface area contributed by atoms with Gasteiger partial charge in [-0.1, -0.05) is 0 Å². The largest absolute Gasteiger partial charge is 0.394 e. The normalized spacial score (nSPS) is 48.4. The summed E-state index contributed by atoms with van der Waals surface area (Å²) in [7, 11) is 0. The first-order valence-corrected chi connectivity index (χ1v) is 40.1. The van der Waals surface area contributed by atoms with Gasteiger partial charge in [0.25, 0.3) is 0 Å². The molecular formula is C70H117N5O51. The molecule has 728 valence electrons. The molecule has 10 heterocycles. The number of ether oxygens (including phenoxy) is 19. The summed E-state index contributed by atoms with van der Waals surface area (Å²) >= 11 is 0. The second-order valence-corrected chi connectivity index (χ2v) is 31.7. The summed E-state index contributed by atoms with van der Waals surface area (Å²) in [6.07, 6.45) is -95.3. The number of hydrogen-bond donors (Lipinski definition) is 32. The highest BCUT2D eigenvalue weighted by Gasteiger charge is 2.62. The molecule has 50 atom stereocenters. The Hall–Kier alpha value is -4.49. The van der Waals surface area contributed by atoms with Crippen molar-refractivity contribution in [2.45, 2.75) is 341 Å². The first kappa shape index (κ1) is 104. The van der Waals surface area contributed by atoms with E-state index in [0.717, 1.165) is 34.6 Å². The minimum atomic E-state index is -2.63. The fourth-order valence-electron chi connectivity index (χ4n) is 16.2. The second kappa shape index (κ2) is 45.5. The number of aliphatic hydroxyl groups excluding tert-OH is 27. The van der Waals surface area contributed by atoms with Crippen LogP contribution in [0.3, 0.4) is 0 Å². The van der Waals surface area contributed by atoms with E-state index in [-0.39, 0.29) is 0 Å². The molecule has 0 radical (unpaired) electrons. The molecule has 32 N–H and O–H groups in total. The topological polar surface area (TPSA) is 867 Å². The average molecular weight is 1840 g/mol. The van der Waals surface area contributed by atoms with Gasteiger partial charge in [-0.05, 0) is 0 Å². The van der Waals surface area contributed by atoms with Crippen molar-refractivity contribution in [1.29, 1.82) is 0 Å². The van der Waals surface area contributed by atoms with E-state index in [9.17, 15) is 162 Å². The zero-order chi connectivity index (χ0) is 92.8. The lowest BCUT2D eigenvalue weighted by molar-refractivity contribution is -0.397. The lowest BCUT2D eigenvalue weighted by Gasteiger charge is -2.51. The summed E-state index contributed by atoms with van der Waals surface area (Å²) in [5, 5.41) is 314. The smallest absolute Gasteiger partial charge is 0.217 e. The Morgan fingerprint density at radius 3 is 0.833 bits per heavy atom. The van der Waals surface area contributed by atoms with E-state index < -0.39 is 402 Å². The van der Waals surface area contributed by atoms with Gasteiger partial charge in [0.05, 0.1) is 66.1 Å².